The van der Waals surface area contributed by atoms with E-state index in [2.05, 4.69) is 15.5 Å². The van der Waals surface area contributed by atoms with E-state index in [4.69, 9.17) is 23.2 Å². The third kappa shape index (κ3) is 3.70. The first kappa shape index (κ1) is 15.5. The van der Waals surface area contributed by atoms with Crippen LogP contribution in [-0.2, 0) is 11.3 Å². The zero-order valence-corrected chi connectivity index (χ0v) is 13.4. The molecule has 0 fully saturated rings. The third-order valence-electron chi connectivity index (χ3n) is 3.19. The summed E-state index contributed by atoms with van der Waals surface area (Å²) in [6.45, 7) is 0.138. The number of nitrogens with one attached hydrogen (secondary N) is 1. The van der Waals surface area contributed by atoms with E-state index < -0.39 is 0 Å². The number of rotatable bonds is 4. The number of carbonyl (C=O) groups is 1. The van der Waals surface area contributed by atoms with E-state index >= 15 is 0 Å². The first-order valence-electron chi connectivity index (χ1n) is 6.80. The number of hydrogen-bond acceptors (Lipinski definition) is 3. The molecule has 5 nitrogen and oxygen atoms in total. The summed E-state index contributed by atoms with van der Waals surface area (Å²) in [5, 5.41) is 4.82. The second-order valence-corrected chi connectivity index (χ2v) is 5.64. The Labute approximate surface area is 142 Å². The molecule has 1 amide bonds. The van der Waals surface area contributed by atoms with Crippen molar-refractivity contribution in [2.45, 2.75) is 6.54 Å². The summed E-state index contributed by atoms with van der Waals surface area (Å²) < 4.78 is 1.76. The highest BCUT2D eigenvalue weighted by atomic mass is 35.5. The Morgan fingerprint density at radius 2 is 2.04 bits per heavy atom. The molecular weight excluding hydrogens is 335 g/mol. The standard InChI is InChI=1S/C16H12Cl2N4O/c17-12-6-5-11(7-13(12)18)8-20-21-16(23)9-22-10-19-14-3-1-2-4-15(14)22/h1-8,10H,9H2,(H,21,23)/b20-8+. The number of hydrazone groups is 1. The second-order valence-electron chi connectivity index (χ2n) is 4.83. The summed E-state index contributed by atoms with van der Waals surface area (Å²) in [4.78, 5) is 16.2. The highest BCUT2D eigenvalue weighted by Gasteiger charge is 2.05. The number of benzene rings is 2. The van der Waals surface area contributed by atoms with Gasteiger partial charge in [0.2, 0.25) is 0 Å². The van der Waals surface area contributed by atoms with Gasteiger partial charge in [0, 0.05) is 0 Å². The number of para-hydroxylation sites is 2. The van der Waals surface area contributed by atoms with Crippen molar-refractivity contribution in [2.24, 2.45) is 5.10 Å². The lowest BCUT2D eigenvalue weighted by Crippen LogP contribution is -2.22. The molecule has 0 saturated heterocycles. The Hall–Kier alpha value is -2.37. The van der Waals surface area contributed by atoms with Gasteiger partial charge in [0.05, 0.1) is 33.6 Å². The molecular formula is C16H12Cl2N4O. The first-order valence-corrected chi connectivity index (χ1v) is 7.56. The van der Waals surface area contributed by atoms with Crippen LogP contribution in [0.3, 0.4) is 0 Å². The van der Waals surface area contributed by atoms with E-state index in [1.54, 1.807) is 29.1 Å². The quantitative estimate of drug-likeness (QED) is 0.580. The van der Waals surface area contributed by atoms with Crippen LogP contribution >= 0.6 is 23.2 Å². The van der Waals surface area contributed by atoms with E-state index in [-0.39, 0.29) is 12.5 Å². The number of aromatic nitrogens is 2. The van der Waals surface area contributed by atoms with Gasteiger partial charge in [-0.25, -0.2) is 10.4 Å². The molecule has 2 aromatic carbocycles. The Balaban J connectivity index is 1.63. The first-order chi connectivity index (χ1) is 11.1. The molecule has 0 saturated carbocycles. The van der Waals surface area contributed by atoms with E-state index in [0.29, 0.717) is 10.0 Å². The van der Waals surface area contributed by atoms with E-state index in [1.807, 2.05) is 24.3 Å². The van der Waals surface area contributed by atoms with E-state index in [1.165, 1.54) is 6.21 Å². The van der Waals surface area contributed by atoms with Crippen LogP contribution in [0, 0.1) is 0 Å². The van der Waals surface area contributed by atoms with Crippen LogP contribution in [0.4, 0.5) is 0 Å². The minimum Gasteiger partial charge on any atom is -0.321 e. The summed E-state index contributed by atoms with van der Waals surface area (Å²) >= 11 is 11.8. The van der Waals surface area contributed by atoms with Crippen LogP contribution in [0.1, 0.15) is 5.56 Å². The monoisotopic (exact) mass is 346 g/mol. The molecule has 1 N–H and O–H groups in total. The van der Waals surface area contributed by atoms with E-state index in [9.17, 15) is 4.79 Å². The molecule has 116 valence electrons. The molecule has 0 aliphatic carbocycles. The van der Waals surface area contributed by atoms with Gasteiger partial charge < -0.3 is 4.57 Å². The van der Waals surface area contributed by atoms with Gasteiger partial charge in [-0.05, 0) is 29.8 Å². The average molecular weight is 347 g/mol. The van der Waals surface area contributed by atoms with Gasteiger partial charge in [0.15, 0.2) is 0 Å². The average Bonchev–Trinajstić information content (AvgIpc) is 2.94. The van der Waals surface area contributed by atoms with Crippen LogP contribution in [0.2, 0.25) is 10.0 Å². The fourth-order valence-electron chi connectivity index (χ4n) is 2.10. The van der Waals surface area contributed by atoms with Gasteiger partial charge in [-0.1, -0.05) is 41.4 Å². The summed E-state index contributed by atoms with van der Waals surface area (Å²) in [6, 6.07) is 12.7. The number of imidazole rings is 1. The SMILES string of the molecule is O=C(Cn1cnc2ccccc21)N/N=C/c1ccc(Cl)c(Cl)c1. The topological polar surface area (TPSA) is 59.3 Å². The highest BCUT2D eigenvalue weighted by molar-refractivity contribution is 6.42. The Morgan fingerprint density at radius 3 is 2.87 bits per heavy atom. The molecule has 1 heterocycles. The van der Waals surface area contributed by atoms with Crippen LogP contribution < -0.4 is 5.43 Å². The number of fused-ring (bicyclic) bond motifs is 1. The van der Waals surface area contributed by atoms with Crippen molar-refractivity contribution in [2.75, 3.05) is 0 Å². The van der Waals surface area contributed by atoms with Crippen molar-refractivity contribution in [1.82, 2.24) is 15.0 Å². The minimum absolute atomic E-state index is 0.138. The predicted octanol–water partition coefficient (Wildman–Crippen LogP) is 3.49. The Morgan fingerprint density at radius 1 is 1.22 bits per heavy atom. The van der Waals surface area contributed by atoms with Gasteiger partial charge >= 0.3 is 0 Å². The van der Waals surface area contributed by atoms with Crippen molar-refractivity contribution in [3.8, 4) is 0 Å². The normalized spacial score (nSPS) is 11.2. The molecule has 3 aromatic rings. The molecule has 7 heteroatoms. The number of nitrogens with zero attached hydrogens (tertiary/aromatic N) is 3. The Kier molecular flexibility index (Phi) is 4.60. The maximum atomic E-state index is 11.9. The van der Waals surface area contributed by atoms with Gasteiger partial charge in [0.25, 0.3) is 5.91 Å². The van der Waals surface area contributed by atoms with E-state index in [0.717, 1.165) is 16.6 Å². The molecule has 0 atom stereocenters. The lowest BCUT2D eigenvalue weighted by Gasteiger charge is -2.03. The fourth-order valence-corrected chi connectivity index (χ4v) is 2.40. The van der Waals surface area contributed by atoms with Crippen molar-refractivity contribution in [3.63, 3.8) is 0 Å². The summed E-state index contributed by atoms with van der Waals surface area (Å²) in [7, 11) is 0. The molecule has 23 heavy (non-hydrogen) atoms. The molecule has 0 aliphatic rings. The highest BCUT2D eigenvalue weighted by Crippen LogP contribution is 2.21. The van der Waals surface area contributed by atoms with Gasteiger partial charge in [0.1, 0.15) is 6.54 Å². The number of hydrogen-bond donors (Lipinski definition) is 1. The summed E-state index contributed by atoms with van der Waals surface area (Å²) in [6.07, 6.45) is 3.14. The zero-order valence-electron chi connectivity index (χ0n) is 11.9. The zero-order chi connectivity index (χ0) is 16.2. The molecule has 1 aromatic heterocycles. The maximum Gasteiger partial charge on any atom is 0.260 e. The van der Waals surface area contributed by atoms with Crippen molar-refractivity contribution in [3.05, 3.63) is 64.4 Å². The van der Waals surface area contributed by atoms with Gasteiger partial charge in [-0.3, -0.25) is 4.79 Å². The molecule has 0 bridgehead atoms. The summed E-state index contributed by atoms with van der Waals surface area (Å²) in [5.74, 6) is -0.246. The summed E-state index contributed by atoms with van der Waals surface area (Å²) in [5.41, 5.74) is 4.96. The minimum atomic E-state index is -0.246. The predicted molar refractivity (Wildman–Crippen MR) is 91.9 cm³/mol. The lowest BCUT2D eigenvalue weighted by molar-refractivity contribution is -0.121. The Bertz CT molecular complexity index is 889. The van der Waals surface area contributed by atoms with Crippen molar-refractivity contribution in [1.29, 1.82) is 0 Å². The maximum absolute atomic E-state index is 11.9. The number of halogens is 2. The fraction of sp³-hybridized carbons (Fsp3) is 0.0625. The number of carbonyl (C=O) groups excluding carboxylic acids is 1. The number of amides is 1. The van der Waals surface area contributed by atoms with Crippen molar-refractivity contribution >= 4 is 46.4 Å². The largest absolute Gasteiger partial charge is 0.321 e. The lowest BCUT2D eigenvalue weighted by atomic mass is 10.2. The molecule has 0 spiro atoms. The van der Waals surface area contributed by atoms with Gasteiger partial charge in [-0.15, -0.1) is 0 Å². The second kappa shape index (κ2) is 6.81. The molecule has 0 radical (unpaired) electrons. The van der Waals surface area contributed by atoms with Gasteiger partial charge in [-0.2, -0.15) is 5.10 Å². The molecule has 0 unspecified atom stereocenters. The smallest absolute Gasteiger partial charge is 0.260 e. The van der Waals surface area contributed by atoms with Crippen molar-refractivity contribution < 1.29 is 4.79 Å². The molecule has 0 aliphatic heterocycles. The van der Waals surface area contributed by atoms with Crippen LogP contribution in [0.25, 0.3) is 11.0 Å². The molecule has 3 rings (SSSR count). The third-order valence-corrected chi connectivity index (χ3v) is 3.93. The van der Waals surface area contributed by atoms with Crippen LogP contribution in [-0.4, -0.2) is 21.7 Å². The van der Waals surface area contributed by atoms with Crippen LogP contribution in [0.5, 0.6) is 0 Å². The van der Waals surface area contributed by atoms with Crippen LogP contribution in [0.15, 0.2) is 53.9 Å².